The SMILES string of the molecule is CNc1cc(-c2cn(CC(=O)N(C)C)c3ncccc23)nc2c(C(=O)N[C@@H]3CC[C@H]3OC)cnn12. The molecule has 2 N–H and O–H groups in total. The van der Waals surface area contributed by atoms with E-state index in [4.69, 9.17) is 9.72 Å². The minimum absolute atomic E-state index is 0.0207. The van der Waals surface area contributed by atoms with Crippen molar-refractivity contribution in [1.29, 1.82) is 0 Å². The standard InChI is InChI=1S/C24H28N8O3/c1-25-20-10-18(16-12-31(13-21(33)30(2)3)22-14(16)6-5-9-26-22)28-23-15(11-27-32(20)23)24(34)29-17-7-8-19(17)35-4/h5-6,9-12,17,19,25H,7-8,13H2,1-4H3,(H,29,34)/t17-,19-/m1/s1. The zero-order valence-corrected chi connectivity index (χ0v) is 20.1. The molecule has 35 heavy (non-hydrogen) atoms. The third kappa shape index (κ3) is 3.97. The summed E-state index contributed by atoms with van der Waals surface area (Å²) in [5.74, 6) is 0.397. The summed E-state index contributed by atoms with van der Waals surface area (Å²) in [4.78, 5) is 36.4. The lowest BCUT2D eigenvalue weighted by atomic mass is 9.89. The van der Waals surface area contributed by atoms with Gasteiger partial charge >= 0.3 is 0 Å². The number of anilines is 1. The van der Waals surface area contributed by atoms with Gasteiger partial charge in [-0.1, -0.05) is 0 Å². The van der Waals surface area contributed by atoms with Crippen LogP contribution in [0.3, 0.4) is 0 Å². The molecule has 11 nitrogen and oxygen atoms in total. The summed E-state index contributed by atoms with van der Waals surface area (Å²) >= 11 is 0. The topological polar surface area (TPSA) is 119 Å². The Kier molecular flexibility index (Phi) is 5.85. The highest BCUT2D eigenvalue weighted by atomic mass is 16.5. The second-order valence-electron chi connectivity index (χ2n) is 8.84. The Morgan fingerprint density at radius 3 is 2.77 bits per heavy atom. The Labute approximate surface area is 202 Å². The number of rotatable bonds is 7. The van der Waals surface area contributed by atoms with Gasteiger partial charge in [0.25, 0.3) is 5.91 Å². The van der Waals surface area contributed by atoms with Gasteiger partial charge in [0.2, 0.25) is 5.91 Å². The number of methoxy groups -OCH3 is 1. The summed E-state index contributed by atoms with van der Waals surface area (Å²) < 4.78 is 8.84. The highest BCUT2D eigenvalue weighted by Crippen LogP contribution is 2.31. The molecular formula is C24H28N8O3. The molecule has 0 aliphatic heterocycles. The molecule has 0 unspecified atom stereocenters. The largest absolute Gasteiger partial charge is 0.379 e. The van der Waals surface area contributed by atoms with E-state index in [2.05, 4.69) is 20.7 Å². The molecule has 4 aromatic rings. The number of nitrogens with one attached hydrogen (secondary N) is 2. The molecule has 4 heterocycles. The van der Waals surface area contributed by atoms with Crippen LogP contribution in [0.15, 0.2) is 36.8 Å². The van der Waals surface area contributed by atoms with E-state index >= 15 is 0 Å². The first kappa shape index (κ1) is 22.8. The van der Waals surface area contributed by atoms with E-state index in [9.17, 15) is 9.59 Å². The highest BCUT2D eigenvalue weighted by molar-refractivity contribution is 6.01. The minimum Gasteiger partial charge on any atom is -0.379 e. The van der Waals surface area contributed by atoms with Crippen molar-refractivity contribution in [3.05, 3.63) is 42.4 Å². The third-order valence-electron chi connectivity index (χ3n) is 6.52. The number of hydrogen-bond acceptors (Lipinski definition) is 7. The van der Waals surface area contributed by atoms with Crippen molar-refractivity contribution >= 4 is 34.3 Å². The van der Waals surface area contributed by atoms with Crippen molar-refractivity contribution in [2.45, 2.75) is 31.5 Å². The number of hydrogen-bond donors (Lipinski definition) is 2. The zero-order chi connectivity index (χ0) is 24.7. The molecule has 5 rings (SSSR count). The summed E-state index contributed by atoms with van der Waals surface area (Å²) in [6.45, 7) is 0.157. The second kappa shape index (κ2) is 8.99. The molecule has 4 aromatic heterocycles. The van der Waals surface area contributed by atoms with Crippen LogP contribution in [-0.2, 0) is 16.1 Å². The fourth-order valence-electron chi connectivity index (χ4n) is 4.34. The number of fused-ring (bicyclic) bond motifs is 2. The smallest absolute Gasteiger partial charge is 0.257 e. The van der Waals surface area contributed by atoms with E-state index in [1.807, 2.05) is 29.0 Å². The first-order chi connectivity index (χ1) is 16.9. The lowest BCUT2D eigenvalue weighted by molar-refractivity contribution is -0.129. The van der Waals surface area contributed by atoms with Gasteiger partial charge < -0.3 is 24.8 Å². The lowest BCUT2D eigenvalue weighted by Gasteiger charge is -2.35. The molecule has 2 atom stereocenters. The Morgan fingerprint density at radius 2 is 2.09 bits per heavy atom. The van der Waals surface area contributed by atoms with Crippen molar-refractivity contribution in [3.63, 3.8) is 0 Å². The molecule has 0 bridgehead atoms. The fourth-order valence-corrected chi connectivity index (χ4v) is 4.34. The molecule has 0 radical (unpaired) electrons. The molecule has 0 saturated heterocycles. The van der Waals surface area contributed by atoms with Crippen LogP contribution in [0, 0.1) is 0 Å². The van der Waals surface area contributed by atoms with Crippen molar-refractivity contribution < 1.29 is 14.3 Å². The Bertz CT molecular complexity index is 1420. The first-order valence-corrected chi connectivity index (χ1v) is 11.5. The van der Waals surface area contributed by atoms with Crippen LogP contribution < -0.4 is 10.6 Å². The number of pyridine rings is 1. The normalized spacial score (nSPS) is 17.4. The van der Waals surface area contributed by atoms with E-state index in [-0.39, 0.29) is 30.5 Å². The summed E-state index contributed by atoms with van der Waals surface area (Å²) in [6, 6.07) is 5.65. The van der Waals surface area contributed by atoms with Gasteiger partial charge in [0, 0.05) is 57.7 Å². The molecule has 0 spiro atoms. The van der Waals surface area contributed by atoms with Gasteiger partial charge in [0.1, 0.15) is 23.6 Å². The molecule has 1 saturated carbocycles. The van der Waals surface area contributed by atoms with E-state index in [0.29, 0.717) is 28.4 Å². The molecule has 182 valence electrons. The van der Waals surface area contributed by atoms with Crippen LogP contribution in [-0.4, -0.2) is 81.3 Å². The number of ether oxygens (including phenoxy) is 1. The van der Waals surface area contributed by atoms with Crippen LogP contribution in [0.1, 0.15) is 23.2 Å². The Balaban J connectivity index is 1.59. The highest BCUT2D eigenvalue weighted by Gasteiger charge is 2.33. The fraction of sp³-hybridized carbons (Fsp3) is 0.375. The van der Waals surface area contributed by atoms with Gasteiger partial charge in [-0.3, -0.25) is 9.59 Å². The van der Waals surface area contributed by atoms with E-state index in [1.165, 1.54) is 6.20 Å². The molecule has 2 amide bonds. The van der Waals surface area contributed by atoms with Gasteiger partial charge in [0.05, 0.1) is 24.0 Å². The van der Waals surface area contributed by atoms with Gasteiger partial charge in [0.15, 0.2) is 5.65 Å². The van der Waals surface area contributed by atoms with Crippen LogP contribution >= 0.6 is 0 Å². The third-order valence-corrected chi connectivity index (χ3v) is 6.52. The van der Waals surface area contributed by atoms with E-state index in [1.54, 1.807) is 43.9 Å². The monoisotopic (exact) mass is 476 g/mol. The van der Waals surface area contributed by atoms with Crippen molar-refractivity contribution in [2.24, 2.45) is 0 Å². The van der Waals surface area contributed by atoms with Crippen LogP contribution in [0.25, 0.3) is 27.9 Å². The maximum atomic E-state index is 13.1. The average molecular weight is 477 g/mol. The van der Waals surface area contributed by atoms with Gasteiger partial charge in [-0.05, 0) is 25.0 Å². The Morgan fingerprint density at radius 1 is 1.26 bits per heavy atom. The minimum atomic E-state index is -0.237. The van der Waals surface area contributed by atoms with Crippen LogP contribution in [0.4, 0.5) is 5.82 Å². The van der Waals surface area contributed by atoms with Gasteiger partial charge in [-0.2, -0.15) is 9.61 Å². The summed E-state index contributed by atoms with van der Waals surface area (Å²) in [5, 5.41) is 11.4. The molecule has 11 heteroatoms. The summed E-state index contributed by atoms with van der Waals surface area (Å²) in [7, 11) is 6.89. The van der Waals surface area contributed by atoms with Gasteiger partial charge in [-0.25, -0.2) is 9.97 Å². The zero-order valence-electron chi connectivity index (χ0n) is 20.1. The number of carbonyl (C=O) groups is 2. The maximum Gasteiger partial charge on any atom is 0.257 e. The molecule has 1 fully saturated rings. The second-order valence-corrected chi connectivity index (χ2v) is 8.84. The molecule has 1 aliphatic carbocycles. The number of nitrogens with zero attached hydrogens (tertiary/aromatic N) is 6. The van der Waals surface area contributed by atoms with Crippen molar-refractivity contribution in [1.82, 2.24) is 34.4 Å². The van der Waals surface area contributed by atoms with Crippen LogP contribution in [0.5, 0.6) is 0 Å². The lowest BCUT2D eigenvalue weighted by Crippen LogP contribution is -2.51. The van der Waals surface area contributed by atoms with Crippen molar-refractivity contribution in [2.75, 3.05) is 33.6 Å². The first-order valence-electron chi connectivity index (χ1n) is 11.5. The molecule has 1 aliphatic rings. The van der Waals surface area contributed by atoms with E-state index < -0.39 is 0 Å². The molecule has 0 aromatic carbocycles. The Hall–Kier alpha value is -3.99. The number of amides is 2. The predicted molar refractivity (Wildman–Crippen MR) is 131 cm³/mol. The predicted octanol–water partition coefficient (Wildman–Crippen LogP) is 1.78. The van der Waals surface area contributed by atoms with Crippen LogP contribution in [0.2, 0.25) is 0 Å². The average Bonchev–Trinajstić information content (AvgIpc) is 3.43. The van der Waals surface area contributed by atoms with Gasteiger partial charge in [-0.15, -0.1) is 0 Å². The number of aromatic nitrogens is 5. The maximum absolute atomic E-state index is 13.1. The summed E-state index contributed by atoms with van der Waals surface area (Å²) in [6.07, 6.45) is 6.94. The summed E-state index contributed by atoms with van der Waals surface area (Å²) in [5.41, 5.74) is 2.96. The van der Waals surface area contributed by atoms with Crippen molar-refractivity contribution in [3.8, 4) is 11.3 Å². The quantitative estimate of drug-likeness (QED) is 0.417. The number of likely N-dealkylation sites (N-methyl/N-ethyl adjacent to an activating group) is 1. The number of carbonyl (C=O) groups excluding carboxylic acids is 2. The molecular weight excluding hydrogens is 448 g/mol. The van der Waals surface area contributed by atoms with E-state index in [0.717, 1.165) is 23.8 Å².